The van der Waals surface area contributed by atoms with E-state index in [4.69, 9.17) is 18.9 Å². The summed E-state index contributed by atoms with van der Waals surface area (Å²) in [5, 5.41) is 3.20. The molecule has 1 N–H and O–H groups in total. The third-order valence-corrected chi connectivity index (χ3v) is 7.50. The Morgan fingerprint density at radius 1 is 0.972 bits per heavy atom. The molecule has 7 nitrogen and oxygen atoms in total. The first-order chi connectivity index (χ1) is 17.5. The van der Waals surface area contributed by atoms with E-state index >= 15 is 0 Å². The Balaban J connectivity index is 1.40. The van der Waals surface area contributed by atoms with Gasteiger partial charge in [0.1, 0.15) is 5.75 Å². The molecule has 0 bridgehead atoms. The van der Waals surface area contributed by atoms with Crippen LogP contribution in [0.3, 0.4) is 0 Å². The predicted molar refractivity (Wildman–Crippen MR) is 136 cm³/mol. The summed E-state index contributed by atoms with van der Waals surface area (Å²) in [6.07, 6.45) is 4.49. The highest BCUT2D eigenvalue weighted by atomic mass is 16.5. The number of hydrogen-bond acceptors (Lipinski definition) is 6. The van der Waals surface area contributed by atoms with E-state index in [-0.39, 0.29) is 17.9 Å². The molecule has 1 amide bonds. The van der Waals surface area contributed by atoms with Crippen LogP contribution in [-0.2, 0) is 24.4 Å². The van der Waals surface area contributed by atoms with Gasteiger partial charge in [0.15, 0.2) is 0 Å². The number of carbonyl (C=O) groups is 2. The first kappa shape index (κ1) is 26.2. The van der Waals surface area contributed by atoms with Gasteiger partial charge in [-0.05, 0) is 80.3 Å². The van der Waals surface area contributed by atoms with Gasteiger partial charge in [-0.1, -0.05) is 24.3 Å². The molecule has 0 radical (unpaired) electrons. The van der Waals surface area contributed by atoms with Gasteiger partial charge in [0.05, 0.1) is 30.7 Å². The second kappa shape index (κ2) is 12.4. The van der Waals surface area contributed by atoms with Gasteiger partial charge < -0.3 is 24.3 Å². The maximum absolute atomic E-state index is 13.7. The van der Waals surface area contributed by atoms with Crippen molar-refractivity contribution >= 4 is 11.9 Å². The van der Waals surface area contributed by atoms with Crippen LogP contribution in [-0.4, -0.2) is 52.0 Å². The van der Waals surface area contributed by atoms with E-state index in [9.17, 15) is 9.59 Å². The highest BCUT2D eigenvalue weighted by Gasteiger charge is 2.42. The largest absolute Gasteiger partial charge is 0.494 e. The van der Waals surface area contributed by atoms with Crippen LogP contribution in [0, 0.1) is 5.92 Å². The fraction of sp³-hybridized carbons (Fsp3) is 0.517. The van der Waals surface area contributed by atoms with Crippen molar-refractivity contribution in [2.24, 2.45) is 5.92 Å². The Hall–Kier alpha value is -2.90. The maximum atomic E-state index is 13.7. The molecule has 2 aromatic rings. The number of methoxy groups -OCH3 is 1. The highest BCUT2D eigenvalue weighted by molar-refractivity contribution is 5.90. The van der Waals surface area contributed by atoms with Gasteiger partial charge in [0, 0.05) is 26.4 Å². The van der Waals surface area contributed by atoms with E-state index in [0.717, 1.165) is 49.4 Å². The first-order valence-corrected chi connectivity index (χ1v) is 12.9. The quantitative estimate of drug-likeness (QED) is 0.512. The number of ether oxygens (including phenoxy) is 4. The van der Waals surface area contributed by atoms with Gasteiger partial charge in [-0.15, -0.1) is 0 Å². The van der Waals surface area contributed by atoms with E-state index in [0.29, 0.717) is 44.1 Å². The van der Waals surface area contributed by atoms with Gasteiger partial charge >= 0.3 is 5.97 Å². The molecule has 0 aromatic heterocycles. The second-order valence-electron chi connectivity index (χ2n) is 9.72. The van der Waals surface area contributed by atoms with Gasteiger partial charge in [0.25, 0.3) is 0 Å². The number of benzene rings is 2. The van der Waals surface area contributed by atoms with Crippen LogP contribution in [0.25, 0.3) is 0 Å². The molecule has 2 saturated heterocycles. The van der Waals surface area contributed by atoms with Crippen LogP contribution in [0.2, 0.25) is 0 Å². The molecule has 2 heterocycles. The fourth-order valence-corrected chi connectivity index (χ4v) is 5.06. The summed E-state index contributed by atoms with van der Waals surface area (Å²) in [6.45, 7) is 5.43. The molecule has 2 aliphatic heterocycles. The summed E-state index contributed by atoms with van der Waals surface area (Å²) >= 11 is 0. The summed E-state index contributed by atoms with van der Waals surface area (Å²) in [6, 6.07) is 14.9. The SMILES string of the molecule is COC(=O)c1ccc(C(C)NC(=O)C2(c3ccc(OCCC4CCOCC4)cc3)CCOCC2)cc1. The lowest BCUT2D eigenvalue weighted by Gasteiger charge is -2.37. The summed E-state index contributed by atoms with van der Waals surface area (Å²) in [5.41, 5.74) is 1.73. The lowest BCUT2D eigenvalue weighted by molar-refractivity contribution is -0.131. The monoisotopic (exact) mass is 495 g/mol. The Morgan fingerprint density at radius 2 is 1.61 bits per heavy atom. The standard InChI is InChI=1S/C29H37NO6/c1-21(23-3-5-24(6-4-23)27(31)33-2)30-28(32)29(14-19-35-20-15-29)25-7-9-26(10-8-25)36-18-13-22-11-16-34-17-12-22/h3-10,21-22H,11-20H2,1-2H3,(H,30,32). The van der Waals surface area contributed by atoms with Crippen LogP contribution < -0.4 is 10.1 Å². The Labute approximate surface area is 213 Å². The zero-order valence-electron chi connectivity index (χ0n) is 21.3. The molecule has 0 saturated carbocycles. The number of hydrogen-bond donors (Lipinski definition) is 1. The normalized spacial score (nSPS) is 18.7. The van der Waals surface area contributed by atoms with Crippen LogP contribution in [0.1, 0.15) is 66.6 Å². The molecule has 36 heavy (non-hydrogen) atoms. The Kier molecular flexibility index (Phi) is 8.99. The van der Waals surface area contributed by atoms with Gasteiger partial charge in [-0.3, -0.25) is 4.79 Å². The van der Waals surface area contributed by atoms with E-state index in [1.807, 2.05) is 43.3 Å². The summed E-state index contributed by atoms with van der Waals surface area (Å²) in [5.74, 6) is 1.11. The van der Waals surface area contributed by atoms with Crippen molar-refractivity contribution in [3.63, 3.8) is 0 Å². The molecule has 4 rings (SSSR count). The predicted octanol–water partition coefficient (Wildman–Crippen LogP) is 4.59. The summed E-state index contributed by atoms with van der Waals surface area (Å²) in [4.78, 5) is 25.4. The maximum Gasteiger partial charge on any atom is 0.337 e. The lowest BCUT2D eigenvalue weighted by atomic mass is 9.73. The number of carbonyl (C=O) groups excluding carboxylic acids is 2. The Bertz CT molecular complexity index is 991. The van der Waals surface area contributed by atoms with Crippen molar-refractivity contribution in [3.8, 4) is 5.75 Å². The highest BCUT2D eigenvalue weighted by Crippen LogP contribution is 2.37. The van der Waals surface area contributed by atoms with Gasteiger partial charge in [0.2, 0.25) is 5.91 Å². The van der Waals surface area contributed by atoms with Crippen LogP contribution >= 0.6 is 0 Å². The molecule has 0 spiro atoms. The minimum Gasteiger partial charge on any atom is -0.494 e. The zero-order chi connectivity index (χ0) is 25.4. The molecule has 0 aliphatic carbocycles. The number of rotatable bonds is 9. The van der Waals surface area contributed by atoms with Crippen LogP contribution in [0.5, 0.6) is 5.75 Å². The third-order valence-electron chi connectivity index (χ3n) is 7.50. The van der Waals surface area contributed by atoms with Gasteiger partial charge in [-0.25, -0.2) is 4.79 Å². The molecule has 194 valence electrons. The van der Waals surface area contributed by atoms with Crippen molar-refractivity contribution in [3.05, 3.63) is 65.2 Å². The van der Waals surface area contributed by atoms with E-state index < -0.39 is 5.41 Å². The number of amides is 1. The minimum absolute atomic E-state index is 0.0106. The van der Waals surface area contributed by atoms with Crippen molar-refractivity contribution in [1.82, 2.24) is 5.32 Å². The fourth-order valence-electron chi connectivity index (χ4n) is 5.06. The first-order valence-electron chi connectivity index (χ1n) is 12.9. The van der Waals surface area contributed by atoms with Crippen molar-refractivity contribution in [2.45, 2.75) is 50.5 Å². The molecule has 7 heteroatoms. The zero-order valence-corrected chi connectivity index (χ0v) is 21.3. The molecule has 2 fully saturated rings. The van der Waals surface area contributed by atoms with Crippen LogP contribution in [0.4, 0.5) is 0 Å². The molecule has 2 aliphatic rings. The molecule has 1 unspecified atom stereocenters. The molecular formula is C29H37NO6. The average Bonchev–Trinajstić information content (AvgIpc) is 2.94. The smallest absolute Gasteiger partial charge is 0.337 e. The minimum atomic E-state index is -0.654. The van der Waals surface area contributed by atoms with Crippen molar-refractivity contribution in [2.75, 3.05) is 40.1 Å². The van der Waals surface area contributed by atoms with E-state index in [1.165, 1.54) is 7.11 Å². The Morgan fingerprint density at radius 3 is 2.25 bits per heavy atom. The number of esters is 1. The third kappa shape index (κ3) is 6.26. The van der Waals surface area contributed by atoms with Gasteiger partial charge in [-0.2, -0.15) is 0 Å². The second-order valence-corrected chi connectivity index (χ2v) is 9.72. The van der Waals surface area contributed by atoms with Crippen LogP contribution in [0.15, 0.2) is 48.5 Å². The topological polar surface area (TPSA) is 83.1 Å². The van der Waals surface area contributed by atoms with Crippen molar-refractivity contribution in [1.29, 1.82) is 0 Å². The molecule has 1 atom stereocenters. The van der Waals surface area contributed by atoms with E-state index in [2.05, 4.69) is 5.32 Å². The lowest BCUT2D eigenvalue weighted by Crippen LogP contribution is -2.48. The number of nitrogens with one attached hydrogen (secondary N) is 1. The van der Waals surface area contributed by atoms with Crippen molar-refractivity contribution < 1.29 is 28.5 Å². The average molecular weight is 496 g/mol. The molecular weight excluding hydrogens is 458 g/mol. The molecule has 2 aromatic carbocycles. The summed E-state index contributed by atoms with van der Waals surface area (Å²) in [7, 11) is 1.36. The van der Waals surface area contributed by atoms with E-state index in [1.54, 1.807) is 12.1 Å². The summed E-state index contributed by atoms with van der Waals surface area (Å²) < 4.78 is 21.8.